The molecule has 1 aromatic rings. The van der Waals surface area contributed by atoms with Gasteiger partial charge in [-0.1, -0.05) is 17.7 Å². The minimum absolute atomic E-state index is 0.00246. The number of hydrogen-bond donors (Lipinski definition) is 1. The van der Waals surface area contributed by atoms with Crippen LogP contribution in [-0.4, -0.2) is 24.4 Å². The summed E-state index contributed by atoms with van der Waals surface area (Å²) in [6.45, 7) is 3.81. The highest BCUT2D eigenvalue weighted by Gasteiger charge is 2.26. The summed E-state index contributed by atoms with van der Waals surface area (Å²) < 4.78 is 22.4. The monoisotopic (exact) mass is 322 g/mol. The Bertz CT molecular complexity index is 516. The summed E-state index contributed by atoms with van der Waals surface area (Å²) in [5, 5.41) is 13.7. The number of nitro benzene ring substituents is 1. The number of hydrogen-bond acceptors (Lipinski definition) is 6. The minimum atomic E-state index is -3.33. The van der Waals surface area contributed by atoms with Crippen LogP contribution in [0, 0.1) is 10.1 Å². The molecule has 0 radical (unpaired) electrons. The molecule has 0 atom stereocenters. The fourth-order valence-electron chi connectivity index (χ4n) is 1.55. The summed E-state index contributed by atoms with van der Waals surface area (Å²) >= 11 is 5.78. The number of nitrogens with one attached hydrogen (secondary N) is 1. The van der Waals surface area contributed by atoms with E-state index in [0.29, 0.717) is 0 Å². The van der Waals surface area contributed by atoms with Gasteiger partial charge >= 0.3 is 13.3 Å². The number of para-hydroxylation sites is 1. The number of benzene rings is 1. The van der Waals surface area contributed by atoms with E-state index in [-0.39, 0.29) is 35.9 Å². The van der Waals surface area contributed by atoms with Gasteiger partial charge in [0.05, 0.1) is 18.1 Å². The van der Waals surface area contributed by atoms with Gasteiger partial charge in [0.2, 0.25) is 0 Å². The molecular formula is C11H16ClN2O5P. The lowest BCUT2D eigenvalue weighted by molar-refractivity contribution is -0.383. The van der Waals surface area contributed by atoms with Crippen LogP contribution in [0.15, 0.2) is 18.2 Å². The van der Waals surface area contributed by atoms with E-state index in [2.05, 4.69) is 5.32 Å². The first-order valence-corrected chi connectivity index (χ1v) is 8.09. The average Bonchev–Trinajstić information content (AvgIpc) is 2.36. The highest BCUT2D eigenvalue weighted by atomic mass is 35.5. The van der Waals surface area contributed by atoms with Crippen molar-refractivity contribution in [1.82, 2.24) is 0 Å². The van der Waals surface area contributed by atoms with Crippen LogP contribution < -0.4 is 5.32 Å². The molecule has 0 aromatic heterocycles. The molecule has 0 fully saturated rings. The lowest BCUT2D eigenvalue weighted by Crippen LogP contribution is -2.09. The molecule has 20 heavy (non-hydrogen) atoms. The maximum atomic E-state index is 12.2. The molecule has 0 aliphatic heterocycles. The summed E-state index contributed by atoms with van der Waals surface area (Å²) in [4.78, 5) is 10.4. The van der Waals surface area contributed by atoms with Crippen LogP contribution in [0.3, 0.4) is 0 Å². The molecule has 1 aromatic carbocycles. The Labute approximate surface area is 121 Å². The molecule has 0 spiro atoms. The van der Waals surface area contributed by atoms with Gasteiger partial charge < -0.3 is 14.4 Å². The zero-order valence-electron chi connectivity index (χ0n) is 11.2. The third-order valence-corrected chi connectivity index (χ3v) is 4.44. The molecule has 9 heteroatoms. The Kier molecular flexibility index (Phi) is 6.42. The number of halogens is 1. The summed E-state index contributed by atoms with van der Waals surface area (Å²) in [7, 11) is -3.33. The molecule has 0 saturated heterocycles. The van der Waals surface area contributed by atoms with Gasteiger partial charge in [0, 0.05) is 0 Å². The van der Waals surface area contributed by atoms with Crippen molar-refractivity contribution in [3.05, 3.63) is 33.3 Å². The van der Waals surface area contributed by atoms with Crippen LogP contribution in [0.4, 0.5) is 11.4 Å². The van der Waals surface area contributed by atoms with Gasteiger partial charge in [-0.05, 0) is 26.0 Å². The van der Waals surface area contributed by atoms with E-state index < -0.39 is 12.5 Å². The Morgan fingerprint density at radius 2 is 1.95 bits per heavy atom. The fraction of sp³-hybridized carbons (Fsp3) is 0.455. The van der Waals surface area contributed by atoms with Gasteiger partial charge in [0.1, 0.15) is 17.0 Å². The Morgan fingerprint density at radius 1 is 1.35 bits per heavy atom. The molecule has 1 rings (SSSR count). The average molecular weight is 323 g/mol. The van der Waals surface area contributed by atoms with Crippen molar-refractivity contribution >= 4 is 30.6 Å². The van der Waals surface area contributed by atoms with E-state index in [1.54, 1.807) is 19.9 Å². The molecule has 0 aliphatic rings. The lowest BCUT2D eigenvalue weighted by atomic mass is 10.3. The van der Waals surface area contributed by atoms with Crippen molar-refractivity contribution < 1.29 is 18.5 Å². The van der Waals surface area contributed by atoms with Crippen LogP contribution in [0.1, 0.15) is 13.8 Å². The maximum absolute atomic E-state index is 12.2. The first-order valence-electron chi connectivity index (χ1n) is 5.98. The van der Waals surface area contributed by atoms with Gasteiger partial charge in [0.15, 0.2) is 0 Å². The summed E-state index contributed by atoms with van der Waals surface area (Å²) in [6.07, 6.45) is -0.171. The predicted molar refractivity (Wildman–Crippen MR) is 77.5 cm³/mol. The molecule has 0 amide bonds. The van der Waals surface area contributed by atoms with Crippen molar-refractivity contribution in [3.63, 3.8) is 0 Å². The number of nitrogens with zero attached hydrogens (tertiary/aromatic N) is 1. The van der Waals surface area contributed by atoms with E-state index in [1.807, 2.05) is 0 Å². The lowest BCUT2D eigenvalue weighted by Gasteiger charge is -2.18. The third-order valence-electron chi connectivity index (χ3n) is 2.28. The topological polar surface area (TPSA) is 90.7 Å². The summed E-state index contributed by atoms with van der Waals surface area (Å²) in [5.41, 5.74) is -0.101. The van der Waals surface area contributed by atoms with Gasteiger partial charge in [-0.2, -0.15) is 0 Å². The quantitative estimate of drug-likeness (QED) is 0.443. The van der Waals surface area contributed by atoms with Crippen LogP contribution in [-0.2, 0) is 13.6 Å². The zero-order valence-corrected chi connectivity index (χ0v) is 12.8. The normalized spacial score (nSPS) is 11.3. The van der Waals surface area contributed by atoms with Crippen LogP contribution in [0.25, 0.3) is 0 Å². The highest BCUT2D eigenvalue weighted by Crippen LogP contribution is 2.48. The minimum Gasteiger partial charge on any atom is -0.368 e. The van der Waals surface area contributed by atoms with E-state index in [9.17, 15) is 14.7 Å². The van der Waals surface area contributed by atoms with E-state index >= 15 is 0 Å². The maximum Gasteiger partial charge on any atom is 0.349 e. The number of anilines is 1. The van der Waals surface area contributed by atoms with E-state index in [1.165, 1.54) is 12.1 Å². The standard InChI is InChI=1S/C11H16ClN2O5P/c1-3-18-20(17,19-4-2)8-13-10-7-5-6-9(12)11(10)14(15)16/h5-7,13H,3-4,8H2,1-2H3. The first kappa shape index (κ1) is 16.9. The van der Waals surface area contributed by atoms with Gasteiger partial charge in [-0.3, -0.25) is 14.7 Å². The molecule has 7 nitrogen and oxygen atoms in total. The fourth-order valence-corrected chi connectivity index (χ4v) is 3.20. The van der Waals surface area contributed by atoms with Crippen LogP contribution in [0.2, 0.25) is 5.02 Å². The smallest absolute Gasteiger partial charge is 0.349 e. The van der Waals surface area contributed by atoms with E-state index in [0.717, 1.165) is 0 Å². The van der Waals surface area contributed by atoms with Crippen molar-refractivity contribution in [1.29, 1.82) is 0 Å². The predicted octanol–water partition coefficient (Wildman–Crippen LogP) is 3.88. The largest absolute Gasteiger partial charge is 0.368 e. The van der Waals surface area contributed by atoms with Crippen molar-refractivity contribution in [3.8, 4) is 0 Å². The van der Waals surface area contributed by atoms with Gasteiger partial charge in [-0.25, -0.2) is 0 Å². The van der Waals surface area contributed by atoms with Gasteiger partial charge in [0.25, 0.3) is 0 Å². The molecule has 0 bridgehead atoms. The third kappa shape index (κ3) is 4.45. The van der Waals surface area contributed by atoms with Crippen molar-refractivity contribution in [2.75, 3.05) is 24.8 Å². The van der Waals surface area contributed by atoms with Crippen molar-refractivity contribution in [2.45, 2.75) is 13.8 Å². The highest BCUT2D eigenvalue weighted by molar-refractivity contribution is 7.53. The number of nitro groups is 1. The molecule has 0 unspecified atom stereocenters. The SMILES string of the molecule is CCOP(=O)(CNc1cccc(Cl)c1[N+](=O)[O-])OCC. The molecular weight excluding hydrogens is 307 g/mol. The molecule has 0 saturated carbocycles. The summed E-state index contributed by atoms with van der Waals surface area (Å²) in [5.74, 6) is 0. The molecule has 0 heterocycles. The van der Waals surface area contributed by atoms with E-state index in [4.69, 9.17) is 20.6 Å². The van der Waals surface area contributed by atoms with Crippen LogP contribution in [0.5, 0.6) is 0 Å². The van der Waals surface area contributed by atoms with Gasteiger partial charge in [-0.15, -0.1) is 0 Å². The van der Waals surface area contributed by atoms with Crippen molar-refractivity contribution in [2.24, 2.45) is 0 Å². The molecule has 112 valence electrons. The summed E-state index contributed by atoms with van der Waals surface area (Å²) in [6, 6.07) is 4.45. The Morgan fingerprint density at radius 3 is 2.45 bits per heavy atom. The second-order valence-electron chi connectivity index (χ2n) is 3.67. The Balaban J connectivity index is 2.91. The molecule has 0 aliphatic carbocycles. The second-order valence-corrected chi connectivity index (χ2v) is 6.14. The molecule has 1 N–H and O–H groups in total. The Hall–Kier alpha value is -1.14. The second kappa shape index (κ2) is 7.59. The number of rotatable bonds is 8. The van der Waals surface area contributed by atoms with Crippen LogP contribution >= 0.6 is 19.2 Å². The zero-order chi connectivity index (χ0) is 15.2. The first-order chi connectivity index (χ1) is 9.43.